The van der Waals surface area contributed by atoms with Gasteiger partial charge in [0.25, 0.3) is 0 Å². The largest absolute Gasteiger partial charge is 0.468 e. The van der Waals surface area contributed by atoms with Crippen molar-refractivity contribution in [3.8, 4) is 11.8 Å². The first-order valence-corrected chi connectivity index (χ1v) is 4.83. The fourth-order valence-corrected chi connectivity index (χ4v) is 0.935. The van der Waals surface area contributed by atoms with Crippen molar-refractivity contribution in [2.75, 3.05) is 7.11 Å². The second-order valence-electron chi connectivity index (χ2n) is 2.92. The fourth-order valence-electron chi connectivity index (χ4n) is 0.935. The topological polar surface area (TPSA) is 26.3 Å². The van der Waals surface area contributed by atoms with Crippen molar-refractivity contribution in [2.45, 2.75) is 45.4 Å². The first-order valence-electron chi connectivity index (χ1n) is 4.83. The molecule has 0 aromatic carbocycles. The van der Waals surface area contributed by atoms with Crippen molar-refractivity contribution in [1.29, 1.82) is 0 Å². The van der Waals surface area contributed by atoms with Gasteiger partial charge >= 0.3 is 5.97 Å². The molecule has 13 heavy (non-hydrogen) atoms. The summed E-state index contributed by atoms with van der Waals surface area (Å²) >= 11 is 0. The molecule has 74 valence electrons. The Balaban J connectivity index is 3.25. The number of carbonyl (C=O) groups excluding carboxylic acids is 1. The minimum atomic E-state index is -0.249. The van der Waals surface area contributed by atoms with E-state index >= 15 is 0 Å². The molecule has 0 aromatic heterocycles. The van der Waals surface area contributed by atoms with Crippen LogP contribution in [0.15, 0.2) is 0 Å². The standard InChI is InChI=1S/C11H18O2/c1-3-4-5-6-7-8-9-10-11(12)13-2/h3-7,10H2,1-2H3. The maximum absolute atomic E-state index is 10.6. The number of hydrogen-bond acceptors (Lipinski definition) is 2. The van der Waals surface area contributed by atoms with Gasteiger partial charge in [-0.15, -0.1) is 5.92 Å². The summed E-state index contributed by atoms with van der Waals surface area (Å²) in [5, 5.41) is 0. The van der Waals surface area contributed by atoms with Crippen molar-refractivity contribution in [1.82, 2.24) is 0 Å². The lowest BCUT2D eigenvalue weighted by Gasteiger charge is -1.92. The molecule has 0 aliphatic heterocycles. The zero-order valence-electron chi connectivity index (χ0n) is 8.56. The lowest BCUT2D eigenvalue weighted by atomic mass is 10.1. The third-order valence-corrected chi connectivity index (χ3v) is 1.74. The molecular formula is C11H18O2. The van der Waals surface area contributed by atoms with E-state index in [1.807, 2.05) is 0 Å². The number of unbranched alkanes of at least 4 members (excludes halogenated alkanes) is 4. The SMILES string of the molecule is CCCCCCC#CCC(=O)OC. The lowest BCUT2D eigenvalue weighted by Crippen LogP contribution is -1.96. The van der Waals surface area contributed by atoms with Crippen LogP contribution in [0.5, 0.6) is 0 Å². The normalized spacial score (nSPS) is 8.77. The highest BCUT2D eigenvalue weighted by Crippen LogP contribution is 2.00. The van der Waals surface area contributed by atoms with Crippen molar-refractivity contribution in [3.63, 3.8) is 0 Å². The summed E-state index contributed by atoms with van der Waals surface area (Å²) in [6.07, 6.45) is 6.03. The molecule has 0 unspecified atom stereocenters. The molecule has 0 amide bonds. The predicted molar refractivity (Wildman–Crippen MR) is 53.2 cm³/mol. The van der Waals surface area contributed by atoms with E-state index in [1.54, 1.807) is 0 Å². The summed E-state index contributed by atoms with van der Waals surface area (Å²) in [4.78, 5) is 10.6. The second-order valence-corrected chi connectivity index (χ2v) is 2.92. The van der Waals surface area contributed by atoms with Gasteiger partial charge in [-0.05, 0) is 6.42 Å². The van der Waals surface area contributed by atoms with Gasteiger partial charge in [-0.2, -0.15) is 0 Å². The third-order valence-electron chi connectivity index (χ3n) is 1.74. The minimum Gasteiger partial charge on any atom is -0.468 e. The van der Waals surface area contributed by atoms with Gasteiger partial charge < -0.3 is 4.74 Å². The van der Waals surface area contributed by atoms with Crippen LogP contribution in [0.4, 0.5) is 0 Å². The number of hydrogen-bond donors (Lipinski definition) is 0. The Morgan fingerprint density at radius 1 is 1.23 bits per heavy atom. The molecule has 0 aliphatic carbocycles. The van der Waals surface area contributed by atoms with E-state index in [9.17, 15) is 4.79 Å². The molecule has 0 spiro atoms. The molecule has 0 saturated heterocycles. The Labute approximate surface area is 80.7 Å². The van der Waals surface area contributed by atoms with Crippen LogP contribution in [0.3, 0.4) is 0 Å². The molecule has 0 fully saturated rings. The van der Waals surface area contributed by atoms with Gasteiger partial charge in [-0.3, -0.25) is 4.79 Å². The monoisotopic (exact) mass is 182 g/mol. The van der Waals surface area contributed by atoms with Gasteiger partial charge in [0.2, 0.25) is 0 Å². The number of methoxy groups -OCH3 is 1. The van der Waals surface area contributed by atoms with Gasteiger partial charge in [0, 0.05) is 6.42 Å². The highest BCUT2D eigenvalue weighted by Gasteiger charge is 1.92. The molecule has 0 atom stereocenters. The van der Waals surface area contributed by atoms with Crippen LogP contribution in [-0.2, 0) is 9.53 Å². The smallest absolute Gasteiger partial charge is 0.317 e. The van der Waals surface area contributed by atoms with Crippen LogP contribution < -0.4 is 0 Å². The summed E-state index contributed by atoms with van der Waals surface area (Å²) in [5.41, 5.74) is 0. The molecule has 0 saturated carbocycles. The summed E-state index contributed by atoms with van der Waals surface area (Å²) in [6, 6.07) is 0. The van der Waals surface area contributed by atoms with Crippen molar-refractivity contribution in [3.05, 3.63) is 0 Å². The zero-order chi connectivity index (χ0) is 9.94. The third kappa shape index (κ3) is 8.94. The molecule has 0 radical (unpaired) electrons. The first-order chi connectivity index (χ1) is 6.31. The second kappa shape index (κ2) is 9.12. The summed E-state index contributed by atoms with van der Waals surface area (Å²) < 4.78 is 4.45. The van der Waals surface area contributed by atoms with Gasteiger partial charge in [-0.25, -0.2) is 0 Å². The van der Waals surface area contributed by atoms with Crippen LogP contribution in [-0.4, -0.2) is 13.1 Å². The first kappa shape index (κ1) is 12.0. The Morgan fingerprint density at radius 2 is 2.00 bits per heavy atom. The molecule has 0 aromatic rings. The minimum absolute atomic E-state index is 0.226. The number of esters is 1. The van der Waals surface area contributed by atoms with Crippen molar-refractivity contribution < 1.29 is 9.53 Å². The number of carbonyl (C=O) groups is 1. The quantitative estimate of drug-likeness (QED) is 0.371. The van der Waals surface area contributed by atoms with Gasteiger partial charge in [-0.1, -0.05) is 32.1 Å². The van der Waals surface area contributed by atoms with Crippen LogP contribution in [0, 0.1) is 11.8 Å². The highest BCUT2D eigenvalue weighted by molar-refractivity contribution is 5.72. The Kier molecular flexibility index (Phi) is 8.44. The predicted octanol–water partition coefficient (Wildman–Crippen LogP) is 2.52. The summed E-state index contributed by atoms with van der Waals surface area (Å²) in [5.74, 6) is 5.50. The molecule has 0 N–H and O–H groups in total. The number of rotatable bonds is 5. The van der Waals surface area contributed by atoms with E-state index in [-0.39, 0.29) is 12.4 Å². The van der Waals surface area contributed by atoms with E-state index in [1.165, 1.54) is 26.4 Å². The van der Waals surface area contributed by atoms with Crippen LogP contribution in [0.25, 0.3) is 0 Å². The van der Waals surface area contributed by atoms with Crippen molar-refractivity contribution >= 4 is 5.97 Å². The average Bonchev–Trinajstić information content (AvgIpc) is 2.16. The Bertz CT molecular complexity index is 186. The molecule has 0 aliphatic rings. The van der Waals surface area contributed by atoms with Crippen molar-refractivity contribution in [2.24, 2.45) is 0 Å². The fraction of sp³-hybridized carbons (Fsp3) is 0.727. The van der Waals surface area contributed by atoms with Gasteiger partial charge in [0.15, 0.2) is 0 Å². The van der Waals surface area contributed by atoms with E-state index in [0.29, 0.717) is 0 Å². The van der Waals surface area contributed by atoms with Crippen LogP contribution in [0.2, 0.25) is 0 Å². The summed E-state index contributed by atoms with van der Waals surface area (Å²) in [6.45, 7) is 2.18. The average molecular weight is 182 g/mol. The van der Waals surface area contributed by atoms with E-state index in [4.69, 9.17) is 0 Å². The van der Waals surface area contributed by atoms with Gasteiger partial charge in [0.1, 0.15) is 6.42 Å². The molecule has 0 rings (SSSR count). The molecular weight excluding hydrogens is 164 g/mol. The molecule has 2 nitrogen and oxygen atoms in total. The van der Waals surface area contributed by atoms with Crippen LogP contribution >= 0.6 is 0 Å². The van der Waals surface area contributed by atoms with Gasteiger partial charge in [0.05, 0.1) is 7.11 Å². The van der Waals surface area contributed by atoms with E-state index in [2.05, 4.69) is 23.5 Å². The molecule has 2 heteroatoms. The molecule has 0 bridgehead atoms. The van der Waals surface area contributed by atoms with E-state index in [0.717, 1.165) is 12.8 Å². The number of ether oxygens (including phenoxy) is 1. The van der Waals surface area contributed by atoms with E-state index < -0.39 is 0 Å². The maximum atomic E-state index is 10.6. The Hall–Kier alpha value is -0.970. The Morgan fingerprint density at radius 3 is 2.62 bits per heavy atom. The van der Waals surface area contributed by atoms with Crippen LogP contribution in [0.1, 0.15) is 45.4 Å². The maximum Gasteiger partial charge on any atom is 0.317 e. The summed E-state index contributed by atoms with van der Waals surface area (Å²) in [7, 11) is 1.38. The molecule has 0 heterocycles. The zero-order valence-corrected chi connectivity index (χ0v) is 8.56. The lowest BCUT2D eigenvalue weighted by molar-refractivity contribution is -0.139. The highest BCUT2D eigenvalue weighted by atomic mass is 16.5.